The van der Waals surface area contributed by atoms with Gasteiger partial charge in [0.2, 0.25) is 0 Å². The molecular weight excluding hydrogens is 204 g/mol. The van der Waals surface area contributed by atoms with Gasteiger partial charge in [0.15, 0.2) is 0 Å². The number of aliphatic hydroxyl groups is 1. The van der Waals surface area contributed by atoms with Crippen molar-refractivity contribution in [3.8, 4) is 0 Å². The van der Waals surface area contributed by atoms with Gasteiger partial charge in [0.25, 0.3) is 0 Å². The van der Waals surface area contributed by atoms with Crippen LogP contribution in [0.3, 0.4) is 0 Å². The van der Waals surface area contributed by atoms with Gasteiger partial charge in [0.05, 0.1) is 5.60 Å². The van der Waals surface area contributed by atoms with Crippen LogP contribution in [-0.2, 0) is 4.79 Å². The molecule has 0 spiro atoms. The van der Waals surface area contributed by atoms with Crippen LogP contribution in [0.5, 0.6) is 0 Å². The van der Waals surface area contributed by atoms with E-state index in [0.29, 0.717) is 0 Å². The fourth-order valence-electron chi connectivity index (χ4n) is 1.89. The lowest BCUT2D eigenvalue weighted by molar-refractivity contribution is -0.131. The second-order valence-electron chi connectivity index (χ2n) is 5.38. The standard InChI is InChI=1S/C10H20O.C3H4O2/c1-9(2,3)10(11)7-5-4-6-8-10;1-2-3(4)5/h11H,4-8H2,1-3H3;2H,1H2,(H,4,5). The summed E-state index contributed by atoms with van der Waals surface area (Å²) in [6.07, 6.45) is 6.53. The van der Waals surface area contributed by atoms with Crippen LogP contribution < -0.4 is 0 Å². The Bertz CT molecular complexity index is 232. The SMILES string of the molecule is C=CC(=O)O.CC(C)(C)C1(O)CCCCC1. The van der Waals surface area contributed by atoms with Crippen molar-refractivity contribution >= 4 is 5.97 Å². The van der Waals surface area contributed by atoms with Gasteiger partial charge in [-0.25, -0.2) is 4.79 Å². The molecule has 0 unspecified atom stereocenters. The van der Waals surface area contributed by atoms with E-state index >= 15 is 0 Å². The molecular formula is C13H24O3. The van der Waals surface area contributed by atoms with Crippen LogP contribution in [-0.4, -0.2) is 21.8 Å². The largest absolute Gasteiger partial charge is 0.478 e. The summed E-state index contributed by atoms with van der Waals surface area (Å²) in [4.78, 5) is 9.25. The first kappa shape index (κ1) is 15.2. The average molecular weight is 228 g/mol. The second-order valence-corrected chi connectivity index (χ2v) is 5.38. The van der Waals surface area contributed by atoms with E-state index in [1.807, 2.05) is 0 Å². The first-order chi connectivity index (χ1) is 7.23. The highest BCUT2D eigenvalue weighted by Gasteiger charge is 2.40. The molecule has 3 nitrogen and oxygen atoms in total. The Labute approximate surface area is 98.2 Å². The zero-order valence-corrected chi connectivity index (χ0v) is 10.6. The van der Waals surface area contributed by atoms with Crippen molar-refractivity contribution in [2.75, 3.05) is 0 Å². The number of hydrogen-bond donors (Lipinski definition) is 2. The third-order valence-corrected chi connectivity index (χ3v) is 3.25. The first-order valence-corrected chi connectivity index (χ1v) is 5.81. The Kier molecular flexibility index (Phi) is 5.73. The van der Waals surface area contributed by atoms with Gasteiger partial charge in [-0.15, -0.1) is 0 Å². The molecule has 0 heterocycles. The molecule has 0 aliphatic heterocycles. The average Bonchev–Trinajstić information content (AvgIpc) is 2.18. The normalized spacial score (nSPS) is 19.2. The number of carboxylic acids is 1. The maximum absolute atomic E-state index is 10.2. The Morgan fingerprint density at radius 3 is 1.81 bits per heavy atom. The lowest BCUT2D eigenvalue weighted by Crippen LogP contribution is -2.44. The topological polar surface area (TPSA) is 57.5 Å². The monoisotopic (exact) mass is 228 g/mol. The summed E-state index contributed by atoms with van der Waals surface area (Å²) in [5.74, 6) is -0.981. The van der Waals surface area contributed by atoms with E-state index in [1.54, 1.807) is 0 Å². The predicted molar refractivity (Wildman–Crippen MR) is 65.3 cm³/mol. The minimum atomic E-state index is -0.981. The first-order valence-electron chi connectivity index (χ1n) is 5.81. The lowest BCUT2D eigenvalue weighted by Gasteiger charge is -2.43. The van der Waals surface area contributed by atoms with Crippen LogP contribution in [0.2, 0.25) is 0 Å². The van der Waals surface area contributed by atoms with Gasteiger partial charge in [0, 0.05) is 6.08 Å². The molecule has 1 saturated carbocycles. The molecule has 0 aromatic heterocycles. The summed E-state index contributed by atoms with van der Waals surface area (Å²) in [7, 11) is 0. The molecule has 0 saturated heterocycles. The fourth-order valence-corrected chi connectivity index (χ4v) is 1.89. The van der Waals surface area contributed by atoms with Crippen molar-refractivity contribution in [1.82, 2.24) is 0 Å². The molecule has 0 bridgehead atoms. The van der Waals surface area contributed by atoms with Gasteiger partial charge in [-0.2, -0.15) is 0 Å². The third kappa shape index (κ3) is 4.79. The molecule has 2 N–H and O–H groups in total. The number of hydrogen-bond acceptors (Lipinski definition) is 2. The van der Waals surface area contributed by atoms with E-state index < -0.39 is 5.97 Å². The van der Waals surface area contributed by atoms with Gasteiger partial charge in [-0.1, -0.05) is 46.6 Å². The molecule has 0 radical (unpaired) electrons. The maximum Gasteiger partial charge on any atom is 0.327 e. The Morgan fingerprint density at radius 1 is 1.25 bits per heavy atom. The summed E-state index contributed by atoms with van der Waals surface area (Å²) < 4.78 is 0. The molecule has 1 aliphatic rings. The van der Waals surface area contributed by atoms with E-state index in [2.05, 4.69) is 27.4 Å². The summed E-state index contributed by atoms with van der Waals surface area (Å²) in [5, 5.41) is 17.8. The lowest BCUT2D eigenvalue weighted by atomic mass is 9.68. The Hall–Kier alpha value is -0.830. The van der Waals surface area contributed by atoms with E-state index in [4.69, 9.17) is 5.11 Å². The predicted octanol–water partition coefficient (Wildman–Crippen LogP) is 2.98. The van der Waals surface area contributed by atoms with Crippen LogP contribution in [0.4, 0.5) is 0 Å². The molecule has 0 aromatic rings. The van der Waals surface area contributed by atoms with Crippen molar-refractivity contribution in [3.63, 3.8) is 0 Å². The van der Waals surface area contributed by atoms with Gasteiger partial charge < -0.3 is 10.2 Å². The highest BCUT2D eigenvalue weighted by atomic mass is 16.4. The molecule has 0 amide bonds. The van der Waals surface area contributed by atoms with E-state index in [0.717, 1.165) is 18.9 Å². The Balaban J connectivity index is 0.000000385. The van der Waals surface area contributed by atoms with Crippen LogP contribution >= 0.6 is 0 Å². The molecule has 0 atom stereocenters. The van der Waals surface area contributed by atoms with Gasteiger partial charge in [-0.3, -0.25) is 0 Å². The van der Waals surface area contributed by atoms with E-state index in [-0.39, 0.29) is 11.0 Å². The molecule has 16 heavy (non-hydrogen) atoms. The van der Waals surface area contributed by atoms with Crippen molar-refractivity contribution in [2.45, 2.75) is 58.5 Å². The molecule has 1 fully saturated rings. The van der Waals surface area contributed by atoms with Crippen LogP contribution in [0.15, 0.2) is 12.7 Å². The third-order valence-electron chi connectivity index (χ3n) is 3.25. The van der Waals surface area contributed by atoms with Crippen molar-refractivity contribution < 1.29 is 15.0 Å². The molecule has 0 aromatic carbocycles. The maximum atomic E-state index is 10.2. The summed E-state index contributed by atoms with van der Waals surface area (Å²) >= 11 is 0. The van der Waals surface area contributed by atoms with Crippen LogP contribution in [0.25, 0.3) is 0 Å². The van der Waals surface area contributed by atoms with Crippen LogP contribution in [0.1, 0.15) is 52.9 Å². The summed E-state index contributed by atoms with van der Waals surface area (Å²) in [5.41, 5.74) is -0.321. The van der Waals surface area contributed by atoms with Crippen LogP contribution in [0, 0.1) is 5.41 Å². The number of rotatable bonds is 1. The minimum Gasteiger partial charge on any atom is -0.478 e. The summed E-state index contributed by atoms with van der Waals surface area (Å²) in [6, 6.07) is 0. The molecule has 1 rings (SSSR count). The Morgan fingerprint density at radius 2 is 1.62 bits per heavy atom. The zero-order chi connectivity index (χ0) is 12.8. The van der Waals surface area contributed by atoms with Crippen molar-refractivity contribution in [3.05, 3.63) is 12.7 Å². The number of carboxylic acid groups (broad SMARTS) is 1. The smallest absolute Gasteiger partial charge is 0.327 e. The fraction of sp³-hybridized carbons (Fsp3) is 0.769. The highest BCUT2D eigenvalue weighted by molar-refractivity contribution is 5.78. The quantitative estimate of drug-likeness (QED) is 0.678. The van der Waals surface area contributed by atoms with Crippen molar-refractivity contribution in [2.24, 2.45) is 5.41 Å². The minimum absolute atomic E-state index is 0.0629. The van der Waals surface area contributed by atoms with Gasteiger partial charge >= 0.3 is 5.97 Å². The van der Waals surface area contributed by atoms with E-state index in [1.165, 1.54) is 19.3 Å². The van der Waals surface area contributed by atoms with Crippen molar-refractivity contribution in [1.29, 1.82) is 0 Å². The molecule has 3 heteroatoms. The van der Waals surface area contributed by atoms with Gasteiger partial charge in [-0.05, 0) is 18.3 Å². The number of carbonyl (C=O) groups is 1. The zero-order valence-electron chi connectivity index (χ0n) is 10.6. The molecule has 1 aliphatic carbocycles. The number of aliphatic carboxylic acids is 1. The second kappa shape index (κ2) is 6.04. The highest BCUT2D eigenvalue weighted by Crippen LogP contribution is 2.41. The summed E-state index contributed by atoms with van der Waals surface area (Å²) in [6.45, 7) is 9.37. The molecule has 94 valence electrons. The van der Waals surface area contributed by atoms with E-state index in [9.17, 15) is 9.90 Å². The van der Waals surface area contributed by atoms with Gasteiger partial charge in [0.1, 0.15) is 0 Å².